The van der Waals surface area contributed by atoms with Gasteiger partial charge in [-0.25, -0.2) is 0 Å². The SMILES string of the molecule is CNC(=O)Cc1ccc(NC(=O)CNC(C)C)cc1. The van der Waals surface area contributed by atoms with Gasteiger partial charge in [0, 0.05) is 18.8 Å². The Bertz CT molecular complexity index is 427. The van der Waals surface area contributed by atoms with Crippen molar-refractivity contribution in [2.45, 2.75) is 26.3 Å². The molecule has 1 rings (SSSR count). The summed E-state index contributed by atoms with van der Waals surface area (Å²) in [7, 11) is 1.61. The van der Waals surface area contributed by atoms with Gasteiger partial charge in [0.2, 0.25) is 11.8 Å². The predicted molar refractivity (Wildman–Crippen MR) is 76.0 cm³/mol. The minimum absolute atomic E-state index is 0.0297. The molecule has 104 valence electrons. The predicted octanol–water partition coefficient (Wildman–Crippen LogP) is 0.912. The van der Waals surface area contributed by atoms with Crippen LogP contribution in [0.3, 0.4) is 0 Å². The summed E-state index contributed by atoms with van der Waals surface area (Å²) in [5, 5.41) is 8.41. The summed E-state index contributed by atoms with van der Waals surface area (Å²) >= 11 is 0. The van der Waals surface area contributed by atoms with Crippen molar-refractivity contribution in [2.75, 3.05) is 18.9 Å². The van der Waals surface area contributed by atoms with Crippen molar-refractivity contribution in [1.82, 2.24) is 10.6 Å². The first-order valence-corrected chi connectivity index (χ1v) is 6.34. The average molecular weight is 263 g/mol. The van der Waals surface area contributed by atoms with Crippen molar-refractivity contribution in [3.63, 3.8) is 0 Å². The second-order valence-corrected chi connectivity index (χ2v) is 4.63. The second kappa shape index (κ2) is 7.53. The highest BCUT2D eigenvalue weighted by Gasteiger charge is 2.04. The number of hydrogen-bond donors (Lipinski definition) is 3. The van der Waals surface area contributed by atoms with Gasteiger partial charge in [0.05, 0.1) is 13.0 Å². The molecule has 0 atom stereocenters. The first-order chi connectivity index (χ1) is 9.01. The molecule has 0 fully saturated rings. The average Bonchev–Trinajstić information content (AvgIpc) is 2.38. The number of amides is 2. The number of anilines is 1. The van der Waals surface area contributed by atoms with E-state index in [-0.39, 0.29) is 24.4 Å². The molecule has 0 aliphatic carbocycles. The van der Waals surface area contributed by atoms with Gasteiger partial charge in [-0.1, -0.05) is 26.0 Å². The van der Waals surface area contributed by atoms with Crippen LogP contribution in [0, 0.1) is 0 Å². The fourth-order valence-corrected chi connectivity index (χ4v) is 1.48. The van der Waals surface area contributed by atoms with E-state index >= 15 is 0 Å². The van der Waals surface area contributed by atoms with E-state index in [2.05, 4.69) is 16.0 Å². The Morgan fingerprint density at radius 2 is 1.74 bits per heavy atom. The van der Waals surface area contributed by atoms with Crippen LogP contribution in [0.2, 0.25) is 0 Å². The van der Waals surface area contributed by atoms with E-state index in [0.29, 0.717) is 6.42 Å². The van der Waals surface area contributed by atoms with Crippen LogP contribution >= 0.6 is 0 Å². The number of likely N-dealkylation sites (N-methyl/N-ethyl adjacent to an activating group) is 1. The Morgan fingerprint density at radius 1 is 1.11 bits per heavy atom. The highest BCUT2D eigenvalue weighted by atomic mass is 16.2. The molecule has 0 spiro atoms. The van der Waals surface area contributed by atoms with Crippen LogP contribution in [0.4, 0.5) is 5.69 Å². The fraction of sp³-hybridized carbons (Fsp3) is 0.429. The molecule has 2 amide bonds. The van der Waals surface area contributed by atoms with Crippen LogP contribution in [0.25, 0.3) is 0 Å². The maximum absolute atomic E-state index is 11.6. The molecule has 3 N–H and O–H groups in total. The number of benzene rings is 1. The minimum atomic E-state index is -0.0762. The molecule has 0 aliphatic rings. The standard InChI is InChI=1S/C14H21N3O2/c1-10(2)16-9-14(19)17-12-6-4-11(5-7-12)8-13(18)15-3/h4-7,10,16H,8-9H2,1-3H3,(H,15,18)(H,17,19). The van der Waals surface area contributed by atoms with Crippen LogP contribution in [-0.2, 0) is 16.0 Å². The molecule has 0 saturated carbocycles. The van der Waals surface area contributed by atoms with Gasteiger partial charge in [0.1, 0.15) is 0 Å². The van der Waals surface area contributed by atoms with E-state index in [1.165, 1.54) is 0 Å². The monoisotopic (exact) mass is 263 g/mol. The molecule has 0 saturated heterocycles. The van der Waals surface area contributed by atoms with Crippen molar-refractivity contribution < 1.29 is 9.59 Å². The van der Waals surface area contributed by atoms with Crippen LogP contribution < -0.4 is 16.0 Å². The zero-order valence-corrected chi connectivity index (χ0v) is 11.6. The number of carbonyl (C=O) groups is 2. The summed E-state index contributed by atoms with van der Waals surface area (Å²) in [4.78, 5) is 22.8. The van der Waals surface area contributed by atoms with E-state index in [0.717, 1.165) is 11.3 Å². The van der Waals surface area contributed by atoms with Crippen molar-refractivity contribution >= 4 is 17.5 Å². The van der Waals surface area contributed by atoms with Crippen LogP contribution in [0.5, 0.6) is 0 Å². The molecule has 19 heavy (non-hydrogen) atoms. The summed E-state index contributed by atoms with van der Waals surface area (Å²) in [6, 6.07) is 7.54. The van der Waals surface area contributed by atoms with Crippen molar-refractivity contribution in [2.24, 2.45) is 0 Å². The van der Waals surface area contributed by atoms with E-state index in [4.69, 9.17) is 0 Å². The molecule has 0 heterocycles. The quantitative estimate of drug-likeness (QED) is 0.714. The number of carbonyl (C=O) groups excluding carboxylic acids is 2. The summed E-state index contributed by atoms with van der Waals surface area (Å²) in [5.74, 6) is -0.106. The van der Waals surface area contributed by atoms with Crippen LogP contribution in [0.15, 0.2) is 24.3 Å². The topological polar surface area (TPSA) is 70.2 Å². The number of rotatable bonds is 6. The van der Waals surface area contributed by atoms with Crippen molar-refractivity contribution in [3.05, 3.63) is 29.8 Å². The molecule has 5 nitrogen and oxygen atoms in total. The molecule has 0 unspecified atom stereocenters. The van der Waals surface area contributed by atoms with E-state index in [1.54, 1.807) is 19.2 Å². The van der Waals surface area contributed by atoms with Gasteiger partial charge in [-0.05, 0) is 17.7 Å². The summed E-state index contributed by atoms with van der Waals surface area (Å²) in [5.41, 5.74) is 1.65. The number of hydrogen-bond acceptors (Lipinski definition) is 3. The minimum Gasteiger partial charge on any atom is -0.359 e. The Labute approximate surface area is 113 Å². The van der Waals surface area contributed by atoms with E-state index in [1.807, 2.05) is 26.0 Å². The second-order valence-electron chi connectivity index (χ2n) is 4.63. The zero-order valence-electron chi connectivity index (χ0n) is 11.6. The lowest BCUT2D eigenvalue weighted by molar-refractivity contribution is -0.120. The zero-order chi connectivity index (χ0) is 14.3. The number of nitrogens with one attached hydrogen (secondary N) is 3. The Hall–Kier alpha value is -1.88. The highest BCUT2D eigenvalue weighted by Crippen LogP contribution is 2.09. The lowest BCUT2D eigenvalue weighted by Gasteiger charge is -2.09. The maximum Gasteiger partial charge on any atom is 0.238 e. The molecule has 0 aromatic heterocycles. The lowest BCUT2D eigenvalue weighted by Crippen LogP contribution is -2.32. The Kier molecular flexibility index (Phi) is 6.02. The van der Waals surface area contributed by atoms with Gasteiger partial charge in [0.25, 0.3) is 0 Å². The van der Waals surface area contributed by atoms with Crippen molar-refractivity contribution in [3.8, 4) is 0 Å². The molecular formula is C14H21N3O2. The third kappa shape index (κ3) is 6.01. The van der Waals surface area contributed by atoms with Gasteiger partial charge in [-0.15, -0.1) is 0 Å². The largest absolute Gasteiger partial charge is 0.359 e. The van der Waals surface area contributed by atoms with Crippen LogP contribution in [0.1, 0.15) is 19.4 Å². The van der Waals surface area contributed by atoms with Gasteiger partial charge in [0.15, 0.2) is 0 Å². The normalized spacial score (nSPS) is 10.3. The fourth-order valence-electron chi connectivity index (χ4n) is 1.48. The first-order valence-electron chi connectivity index (χ1n) is 6.34. The van der Waals surface area contributed by atoms with Gasteiger partial charge >= 0.3 is 0 Å². The molecule has 1 aromatic carbocycles. The molecule has 0 aliphatic heterocycles. The van der Waals surface area contributed by atoms with Gasteiger partial charge in [-0.2, -0.15) is 0 Å². The summed E-state index contributed by atoms with van der Waals surface area (Å²) in [6.45, 7) is 4.26. The molecule has 5 heteroatoms. The first kappa shape index (κ1) is 15.2. The molecule has 0 bridgehead atoms. The smallest absolute Gasteiger partial charge is 0.238 e. The Morgan fingerprint density at radius 3 is 2.26 bits per heavy atom. The summed E-state index contributed by atoms with van der Waals surface area (Å²) in [6.07, 6.45) is 0.347. The third-order valence-electron chi connectivity index (χ3n) is 2.55. The van der Waals surface area contributed by atoms with Crippen molar-refractivity contribution in [1.29, 1.82) is 0 Å². The van der Waals surface area contributed by atoms with Crippen LogP contribution in [-0.4, -0.2) is 31.4 Å². The summed E-state index contributed by atoms with van der Waals surface area (Å²) < 4.78 is 0. The van der Waals surface area contributed by atoms with Gasteiger partial charge < -0.3 is 16.0 Å². The van der Waals surface area contributed by atoms with E-state index in [9.17, 15) is 9.59 Å². The maximum atomic E-state index is 11.6. The molecule has 1 aromatic rings. The highest BCUT2D eigenvalue weighted by molar-refractivity contribution is 5.92. The van der Waals surface area contributed by atoms with Gasteiger partial charge in [-0.3, -0.25) is 9.59 Å². The van der Waals surface area contributed by atoms with E-state index < -0.39 is 0 Å². The third-order valence-corrected chi connectivity index (χ3v) is 2.55. The lowest BCUT2D eigenvalue weighted by atomic mass is 10.1. The Balaban J connectivity index is 2.47. The molecular weight excluding hydrogens is 242 g/mol. The molecule has 0 radical (unpaired) electrons.